The number of methoxy groups -OCH3 is 1. The second-order valence-corrected chi connectivity index (χ2v) is 7.17. The second kappa shape index (κ2) is 9.21. The van der Waals surface area contributed by atoms with Crippen LogP contribution >= 0.6 is 0 Å². The largest absolute Gasteiger partial charge is 0.497 e. The Morgan fingerprint density at radius 3 is 2.73 bits per heavy atom. The molecule has 2 aromatic carbocycles. The Balaban J connectivity index is 1.28. The number of carbonyl (C=O) groups excluding carboxylic acids is 1. The van der Waals surface area contributed by atoms with Gasteiger partial charge in [0.05, 0.1) is 19.8 Å². The first-order valence-corrected chi connectivity index (χ1v) is 9.65. The average molecular weight is 413 g/mol. The zero-order valence-electron chi connectivity index (χ0n) is 16.5. The molecule has 0 spiro atoms. The fraction of sp³-hybridized carbons (Fsp3) is 0.381. The predicted molar refractivity (Wildman–Crippen MR) is 106 cm³/mol. The molecule has 0 unspecified atom stereocenters. The van der Waals surface area contributed by atoms with Crippen molar-refractivity contribution in [2.75, 3.05) is 20.3 Å². The number of aromatic nitrogens is 2. The number of aliphatic hydroxyl groups is 1. The highest BCUT2D eigenvalue weighted by Crippen LogP contribution is 2.19. The van der Waals surface area contributed by atoms with Gasteiger partial charge < -0.3 is 24.6 Å². The molecular weight excluding hydrogens is 390 g/mol. The second-order valence-electron chi connectivity index (χ2n) is 7.17. The highest BCUT2D eigenvalue weighted by atomic mass is 16.6. The first kappa shape index (κ1) is 20.3. The SMILES string of the molecule is COc1ccc(C[C@H]2NC[C@H](O)[C@H]2OC(=O)COCc2ccc3nonc3c2)cc1. The maximum absolute atomic E-state index is 12.2. The lowest BCUT2D eigenvalue weighted by Crippen LogP contribution is -2.39. The lowest BCUT2D eigenvalue weighted by molar-refractivity contribution is -0.159. The molecule has 0 amide bonds. The molecule has 158 valence electrons. The molecule has 0 aliphatic carbocycles. The van der Waals surface area contributed by atoms with Gasteiger partial charge in [-0.1, -0.05) is 18.2 Å². The molecule has 2 heterocycles. The fourth-order valence-corrected chi connectivity index (χ4v) is 3.49. The highest BCUT2D eigenvalue weighted by Gasteiger charge is 2.37. The van der Waals surface area contributed by atoms with Crippen molar-refractivity contribution >= 4 is 17.0 Å². The molecule has 1 aliphatic rings. The van der Waals surface area contributed by atoms with Crippen LogP contribution in [0.3, 0.4) is 0 Å². The topological polar surface area (TPSA) is 116 Å². The molecule has 2 N–H and O–H groups in total. The van der Waals surface area contributed by atoms with Gasteiger partial charge in [-0.05, 0) is 52.1 Å². The van der Waals surface area contributed by atoms with Gasteiger partial charge in [0, 0.05) is 6.54 Å². The zero-order valence-corrected chi connectivity index (χ0v) is 16.5. The van der Waals surface area contributed by atoms with E-state index in [0.717, 1.165) is 16.9 Å². The molecule has 30 heavy (non-hydrogen) atoms. The van der Waals surface area contributed by atoms with E-state index in [9.17, 15) is 9.90 Å². The number of nitrogens with zero attached hydrogens (tertiary/aromatic N) is 2. The Morgan fingerprint density at radius 1 is 1.17 bits per heavy atom. The van der Waals surface area contributed by atoms with Gasteiger partial charge in [0.2, 0.25) is 0 Å². The Kier molecular flexibility index (Phi) is 6.22. The van der Waals surface area contributed by atoms with E-state index < -0.39 is 18.2 Å². The minimum Gasteiger partial charge on any atom is -0.497 e. The molecule has 9 nitrogen and oxygen atoms in total. The number of nitrogens with one attached hydrogen (secondary N) is 1. The molecule has 9 heteroatoms. The van der Waals surface area contributed by atoms with Crippen LogP contribution in [-0.2, 0) is 27.3 Å². The summed E-state index contributed by atoms with van der Waals surface area (Å²) in [6.45, 7) is 0.373. The fourth-order valence-electron chi connectivity index (χ4n) is 3.49. The molecule has 1 fully saturated rings. The lowest BCUT2D eigenvalue weighted by atomic mass is 10.0. The third kappa shape index (κ3) is 4.76. The number of esters is 1. The quantitative estimate of drug-likeness (QED) is 0.526. The number of hydrogen-bond donors (Lipinski definition) is 2. The molecule has 0 bridgehead atoms. The van der Waals surface area contributed by atoms with Gasteiger partial charge >= 0.3 is 5.97 Å². The molecule has 0 saturated carbocycles. The van der Waals surface area contributed by atoms with Crippen LogP contribution in [0.25, 0.3) is 11.0 Å². The van der Waals surface area contributed by atoms with E-state index in [4.69, 9.17) is 14.2 Å². The molecule has 1 saturated heterocycles. The summed E-state index contributed by atoms with van der Waals surface area (Å²) < 4.78 is 20.8. The van der Waals surface area contributed by atoms with Crippen LogP contribution in [0.15, 0.2) is 47.1 Å². The first-order chi connectivity index (χ1) is 14.6. The number of carbonyl (C=O) groups is 1. The van der Waals surface area contributed by atoms with E-state index in [1.807, 2.05) is 30.3 Å². The third-order valence-corrected chi connectivity index (χ3v) is 5.05. The normalized spacial score (nSPS) is 21.1. The summed E-state index contributed by atoms with van der Waals surface area (Å²) in [5, 5.41) is 21.0. The number of hydrogen-bond acceptors (Lipinski definition) is 9. The third-order valence-electron chi connectivity index (χ3n) is 5.05. The predicted octanol–water partition coefficient (Wildman–Crippen LogP) is 1.24. The van der Waals surface area contributed by atoms with Gasteiger partial charge in [-0.25, -0.2) is 9.42 Å². The maximum Gasteiger partial charge on any atom is 0.332 e. The van der Waals surface area contributed by atoms with Crippen molar-refractivity contribution in [1.82, 2.24) is 15.6 Å². The van der Waals surface area contributed by atoms with Gasteiger partial charge in [-0.2, -0.15) is 0 Å². The summed E-state index contributed by atoms with van der Waals surface area (Å²) in [7, 11) is 1.62. The van der Waals surface area contributed by atoms with Crippen LogP contribution in [0.4, 0.5) is 0 Å². The van der Waals surface area contributed by atoms with Crippen molar-refractivity contribution in [3.05, 3.63) is 53.6 Å². The van der Waals surface area contributed by atoms with E-state index in [-0.39, 0.29) is 19.3 Å². The number of benzene rings is 2. The van der Waals surface area contributed by atoms with Gasteiger partial charge in [0.1, 0.15) is 35.6 Å². The molecule has 1 aromatic heterocycles. The molecular formula is C21H23N3O6. The van der Waals surface area contributed by atoms with Crippen molar-refractivity contribution in [2.24, 2.45) is 0 Å². The van der Waals surface area contributed by atoms with Gasteiger partial charge in [-0.3, -0.25) is 0 Å². The Morgan fingerprint density at radius 2 is 1.93 bits per heavy atom. The number of fused-ring (bicyclic) bond motifs is 1. The van der Waals surface area contributed by atoms with Gasteiger partial charge in [0.25, 0.3) is 0 Å². The van der Waals surface area contributed by atoms with E-state index in [1.54, 1.807) is 19.2 Å². The van der Waals surface area contributed by atoms with Crippen LogP contribution in [0.2, 0.25) is 0 Å². The van der Waals surface area contributed by atoms with Crippen molar-refractivity contribution in [1.29, 1.82) is 0 Å². The minimum atomic E-state index is -0.765. The molecule has 3 aromatic rings. The molecule has 0 radical (unpaired) electrons. The average Bonchev–Trinajstić information content (AvgIpc) is 3.36. The van der Waals surface area contributed by atoms with Crippen LogP contribution < -0.4 is 10.1 Å². The summed E-state index contributed by atoms with van der Waals surface area (Å²) in [5.41, 5.74) is 3.17. The van der Waals surface area contributed by atoms with E-state index in [0.29, 0.717) is 24.0 Å². The van der Waals surface area contributed by atoms with E-state index >= 15 is 0 Å². The van der Waals surface area contributed by atoms with Crippen LogP contribution in [0.1, 0.15) is 11.1 Å². The van der Waals surface area contributed by atoms with Crippen molar-refractivity contribution < 1.29 is 28.7 Å². The van der Waals surface area contributed by atoms with Crippen LogP contribution in [0, 0.1) is 0 Å². The van der Waals surface area contributed by atoms with Crippen LogP contribution in [0.5, 0.6) is 5.75 Å². The summed E-state index contributed by atoms with van der Waals surface area (Å²) in [5.74, 6) is 0.254. The smallest absolute Gasteiger partial charge is 0.332 e. The summed E-state index contributed by atoms with van der Waals surface area (Å²) >= 11 is 0. The zero-order chi connectivity index (χ0) is 20.9. The first-order valence-electron chi connectivity index (χ1n) is 9.65. The summed E-state index contributed by atoms with van der Waals surface area (Å²) in [6, 6.07) is 12.9. The maximum atomic E-state index is 12.2. The molecule has 3 atom stereocenters. The van der Waals surface area contributed by atoms with E-state index in [1.165, 1.54) is 0 Å². The van der Waals surface area contributed by atoms with Crippen molar-refractivity contribution in [2.45, 2.75) is 31.3 Å². The van der Waals surface area contributed by atoms with Crippen LogP contribution in [-0.4, -0.2) is 59.9 Å². The number of aliphatic hydroxyl groups excluding tert-OH is 1. The Bertz CT molecular complexity index is 990. The van der Waals surface area contributed by atoms with Crippen molar-refractivity contribution in [3.63, 3.8) is 0 Å². The Labute approximate surface area is 172 Å². The highest BCUT2D eigenvalue weighted by molar-refractivity contribution is 5.73. The monoisotopic (exact) mass is 413 g/mol. The van der Waals surface area contributed by atoms with Gasteiger partial charge in [-0.15, -0.1) is 0 Å². The number of β-amino-alcohol motifs (C(OH)–C–C–N with tert-alkyl or cyclic N) is 1. The summed E-state index contributed by atoms with van der Waals surface area (Å²) in [4.78, 5) is 12.2. The van der Waals surface area contributed by atoms with Crippen molar-refractivity contribution in [3.8, 4) is 5.75 Å². The molecule has 1 aliphatic heterocycles. The number of rotatable bonds is 8. The molecule has 4 rings (SSSR count). The summed E-state index contributed by atoms with van der Waals surface area (Å²) in [6.07, 6.45) is -0.786. The van der Waals surface area contributed by atoms with Gasteiger partial charge in [0.15, 0.2) is 0 Å². The Hall–Kier alpha value is -3.01. The lowest BCUT2D eigenvalue weighted by Gasteiger charge is -2.22. The number of ether oxygens (including phenoxy) is 3. The standard InChI is InChI=1S/C21H23N3O6/c1-27-15-5-2-13(3-6-15)8-18-21(19(25)10-22-18)29-20(26)12-28-11-14-4-7-16-17(9-14)24-30-23-16/h2-7,9,18-19,21-22,25H,8,10-12H2,1H3/t18-,19+,21+/m1/s1. The minimum absolute atomic E-state index is 0.181. The van der Waals surface area contributed by atoms with E-state index in [2.05, 4.69) is 20.3 Å².